The first-order valence-electron chi connectivity index (χ1n) is 8.70. The molecule has 6 heteroatoms. The fourth-order valence-corrected chi connectivity index (χ4v) is 3.67. The van der Waals surface area contributed by atoms with Crippen LogP contribution in [0.3, 0.4) is 0 Å². The predicted molar refractivity (Wildman–Crippen MR) is 112 cm³/mol. The van der Waals surface area contributed by atoms with Crippen molar-refractivity contribution in [2.24, 2.45) is 0 Å². The molecule has 0 radical (unpaired) electrons. The van der Waals surface area contributed by atoms with Gasteiger partial charge >= 0.3 is 0 Å². The summed E-state index contributed by atoms with van der Waals surface area (Å²) in [6, 6.07) is 19.7. The van der Waals surface area contributed by atoms with E-state index in [1.54, 1.807) is 0 Å². The molecule has 0 unspecified atom stereocenters. The van der Waals surface area contributed by atoms with E-state index in [1.165, 1.54) is 11.8 Å². The largest absolute Gasteiger partial charge is 0.369 e. The standard InChI is InChI=1S/C21H19ClN4S/c1-2-12-24-20-17(13-23)19(15-8-4-3-5-9-15)25-21(26-20)27-14-16-10-6-7-11-18(16)22/h3-11H,2,12,14H2,1H3,(H,24,25,26). The van der Waals surface area contributed by atoms with Crippen molar-refractivity contribution in [3.05, 3.63) is 70.7 Å². The quantitative estimate of drug-likeness (QED) is 0.406. The lowest BCUT2D eigenvalue weighted by atomic mass is 10.1. The molecule has 0 amide bonds. The normalized spacial score (nSPS) is 10.4. The summed E-state index contributed by atoms with van der Waals surface area (Å²) in [5.41, 5.74) is 3.04. The second kappa shape index (κ2) is 9.40. The maximum atomic E-state index is 9.70. The van der Waals surface area contributed by atoms with Gasteiger partial charge in [0.15, 0.2) is 5.16 Å². The summed E-state index contributed by atoms with van der Waals surface area (Å²) in [7, 11) is 0. The summed E-state index contributed by atoms with van der Waals surface area (Å²) in [5, 5.41) is 14.3. The maximum absolute atomic E-state index is 9.70. The van der Waals surface area contributed by atoms with Gasteiger partial charge in [-0.25, -0.2) is 9.97 Å². The van der Waals surface area contributed by atoms with E-state index in [2.05, 4.69) is 28.3 Å². The summed E-state index contributed by atoms with van der Waals surface area (Å²) in [5.74, 6) is 1.24. The van der Waals surface area contributed by atoms with Crippen LogP contribution in [0.1, 0.15) is 24.5 Å². The molecule has 0 aliphatic rings. The molecule has 0 saturated carbocycles. The average molecular weight is 395 g/mol. The molecular weight excluding hydrogens is 376 g/mol. The van der Waals surface area contributed by atoms with Gasteiger partial charge in [-0.3, -0.25) is 0 Å². The molecule has 3 rings (SSSR count). The number of rotatable bonds is 7. The van der Waals surface area contributed by atoms with Crippen LogP contribution in [0.5, 0.6) is 0 Å². The summed E-state index contributed by atoms with van der Waals surface area (Å²) in [6.07, 6.45) is 0.942. The molecule has 0 spiro atoms. The van der Waals surface area contributed by atoms with Crippen molar-refractivity contribution in [3.8, 4) is 17.3 Å². The van der Waals surface area contributed by atoms with Gasteiger partial charge in [0.2, 0.25) is 0 Å². The molecule has 2 aromatic carbocycles. The number of hydrogen-bond acceptors (Lipinski definition) is 5. The Bertz CT molecular complexity index is 954. The van der Waals surface area contributed by atoms with E-state index in [-0.39, 0.29) is 0 Å². The SMILES string of the molecule is CCCNc1nc(SCc2ccccc2Cl)nc(-c2ccccc2)c1C#N. The van der Waals surface area contributed by atoms with Crippen molar-refractivity contribution < 1.29 is 0 Å². The lowest BCUT2D eigenvalue weighted by Crippen LogP contribution is -2.08. The lowest BCUT2D eigenvalue weighted by molar-refractivity contribution is 0.924. The molecule has 1 N–H and O–H groups in total. The van der Waals surface area contributed by atoms with Gasteiger partial charge in [-0.1, -0.05) is 78.8 Å². The molecule has 1 aromatic heterocycles. The number of hydrogen-bond donors (Lipinski definition) is 1. The molecule has 1 heterocycles. The average Bonchev–Trinajstić information content (AvgIpc) is 2.71. The number of nitrogens with zero attached hydrogens (tertiary/aromatic N) is 3. The van der Waals surface area contributed by atoms with Gasteiger partial charge in [-0.05, 0) is 18.1 Å². The Balaban J connectivity index is 1.98. The smallest absolute Gasteiger partial charge is 0.190 e. The van der Waals surface area contributed by atoms with E-state index in [0.29, 0.717) is 28.0 Å². The summed E-state index contributed by atoms with van der Waals surface area (Å²) >= 11 is 7.76. The number of thioether (sulfide) groups is 1. The number of aromatic nitrogens is 2. The minimum absolute atomic E-state index is 0.469. The Kier molecular flexibility index (Phi) is 6.69. The van der Waals surface area contributed by atoms with Crippen LogP contribution in [0.4, 0.5) is 5.82 Å². The second-order valence-electron chi connectivity index (χ2n) is 5.86. The molecule has 0 atom stereocenters. The second-order valence-corrected chi connectivity index (χ2v) is 7.21. The van der Waals surface area contributed by atoms with Crippen molar-refractivity contribution in [1.29, 1.82) is 5.26 Å². The highest BCUT2D eigenvalue weighted by atomic mass is 35.5. The van der Waals surface area contributed by atoms with Crippen molar-refractivity contribution in [3.63, 3.8) is 0 Å². The highest BCUT2D eigenvalue weighted by Gasteiger charge is 2.16. The Hall–Kier alpha value is -2.55. The third-order valence-electron chi connectivity index (χ3n) is 3.90. The molecular formula is C21H19ClN4S. The van der Waals surface area contributed by atoms with E-state index >= 15 is 0 Å². The first-order valence-corrected chi connectivity index (χ1v) is 10.1. The monoisotopic (exact) mass is 394 g/mol. The van der Waals surface area contributed by atoms with Crippen LogP contribution in [0.25, 0.3) is 11.3 Å². The van der Waals surface area contributed by atoms with Crippen molar-refractivity contribution in [2.75, 3.05) is 11.9 Å². The van der Waals surface area contributed by atoms with Crippen LogP contribution in [0.15, 0.2) is 59.8 Å². The topological polar surface area (TPSA) is 61.6 Å². The molecule has 0 fully saturated rings. The van der Waals surface area contributed by atoms with E-state index in [0.717, 1.165) is 29.1 Å². The fraction of sp³-hybridized carbons (Fsp3) is 0.190. The van der Waals surface area contributed by atoms with Gasteiger partial charge in [0.25, 0.3) is 0 Å². The van der Waals surface area contributed by atoms with Gasteiger partial charge < -0.3 is 5.32 Å². The van der Waals surface area contributed by atoms with Gasteiger partial charge in [-0.2, -0.15) is 5.26 Å². The van der Waals surface area contributed by atoms with Crippen LogP contribution < -0.4 is 5.32 Å². The van der Waals surface area contributed by atoms with Gasteiger partial charge in [0.05, 0.1) is 5.69 Å². The molecule has 0 saturated heterocycles. The Morgan fingerprint density at radius 1 is 1.07 bits per heavy atom. The zero-order valence-corrected chi connectivity index (χ0v) is 16.5. The van der Waals surface area contributed by atoms with E-state index in [1.807, 2.05) is 54.6 Å². The van der Waals surface area contributed by atoms with Crippen LogP contribution >= 0.6 is 23.4 Å². The molecule has 3 aromatic rings. The Labute approximate surface area is 168 Å². The number of halogens is 1. The minimum Gasteiger partial charge on any atom is -0.369 e. The van der Waals surface area contributed by atoms with Gasteiger partial charge in [0.1, 0.15) is 17.5 Å². The van der Waals surface area contributed by atoms with E-state index < -0.39 is 0 Å². The molecule has 27 heavy (non-hydrogen) atoms. The third kappa shape index (κ3) is 4.79. The van der Waals surface area contributed by atoms with Crippen LogP contribution in [0.2, 0.25) is 5.02 Å². The summed E-state index contributed by atoms with van der Waals surface area (Å²) < 4.78 is 0. The third-order valence-corrected chi connectivity index (χ3v) is 5.17. The Morgan fingerprint density at radius 2 is 1.81 bits per heavy atom. The van der Waals surface area contributed by atoms with E-state index in [9.17, 15) is 5.26 Å². The number of nitriles is 1. The summed E-state index contributed by atoms with van der Waals surface area (Å²) in [6.45, 7) is 2.82. The van der Waals surface area contributed by atoms with Crippen LogP contribution in [0, 0.1) is 11.3 Å². The summed E-state index contributed by atoms with van der Waals surface area (Å²) in [4.78, 5) is 9.26. The molecule has 136 valence electrons. The number of benzene rings is 2. The molecule has 0 aliphatic carbocycles. The number of anilines is 1. The van der Waals surface area contributed by atoms with Crippen LogP contribution in [-0.2, 0) is 5.75 Å². The minimum atomic E-state index is 0.469. The van der Waals surface area contributed by atoms with Crippen LogP contribution in [-0.4, -0.2) is 16.5 Å². The first kappa shape index (κ1) is 19.2. The highest BCUT2D eigenvalue weighted by molar-refractivity contribution is 7.98. The van der Waals surface area contributed by atoms with Crippen molar-refractivity contribution in [1.82, 2.24) is 9.97 Å². The van der Waals surface area contributed by atoms with Crippen molar-refractivity contribution in [2.45, 2.75) is 24.3 Å². The highest BCUT2D eigenvalue weighted by Crippen LogP contribution is 2.31. The Morgan fingerprint density at radius 3 is 2.52 bits per heavy atom. The fourth-order valence-electron chi connectivity index (χ4n) is 2.54. The molecule has 0 bridgehead atoms. The first-order chi connectivity index (χ1) is 13.2. The van der Waals surface area contributed by atoms with Gasteiger partial charge in [-0.15, -0.1) is 0 Å². The van der Waals surface area contributed by atoms with Crippen molar-refractivity contribution >= 4 is 29.2 Å². The number of nitrogens with one attached hydrogen (secondary N) is 1. The predicted octanol–water partition coefficient (Wildman–Crippen LogP) is 5.78. The zero-order chi connectivity index (χ0) is 19.1. The maximum Gasteiger partial charge on any atom is 0.190 e. The molecule has 0 aliphatic heterocycles. The van der Waals surface area contributed by atoms with E-state index in [4.69, 9.17) is 11.6 Å². The zero-order valence-electron chi connectivity index (χ0n) is 14.9. The van der Waals surface area contributed by atoms with Gasteiger partial charge in [0, 0.05) is 22.9 Å². The molecule has 4 nitrogen and oxygen atoms in total. The lowest BCUT2D eigenvalue weighted by Gasteiger charge is -2.12.